The average Bonchev–Trinajstić information content (AvgIpc) is 3.12. The number of aromatic nitrogens is 2. The van der Waals surface area contributed by atoms with E-state index >= 15 is 0 Å². The molecule has 4 aromatic rings. The van der Waals surface area contributed by atoms with E-state index in [-0.39, 0.29) is 5.56 Å². The number of benzene rings is 3. The number of para-hydroxylation sites is 1. The zero-order valence-corrected chi connectivity index (χ0v) is 14.8. The van der Waals surface area contributed by atoms with Gasteiger partial charge in [-0.25, -0.2) is 0 Å². The predicted molar refractivity (Wildman–Crippen MR) is 110 cm³/mol. The number of rotatable bonds is 2. The van der Waals surface area contributed by atoms with E-state index in [1.807, 2.05) is 30.3 Å². The Balaban J connectivity index is 1.54. The lowest BCUT2D eigenvalue weighted by Gasteiger charge is -2.07. The van der Waals surface area contributed by atoms with Crippen molar-refractivity contribution in [3.8, 4) is 11.1 Å². The van der Waals surface area contributed by atoms with Gasteiger partial charge in [-0.3, -0.25) is 4.79 Å². The smallest absolute Gasteiger partial charge is 0.281 e. The van der Waals surface area contributed by atoms with Crippen molar-refractivity contribution in [2.45, 2.75) is 13.0 Å². The largest absolute Gasteiger partial charge is 0.325 e. The summed E-state index contributed by atoms with van der Waals surface area (Å²) in [7, 11) is 0. The first-order valence-electron chi connectivity index (χ1n) is 9.16. The SMILES string of the molecule is O=c1nc2n(c3ccccc13)CCC2=Cc1ccc(-c2ccccc2)cc1. The van der Waals surface area contributed by atoms with E-state index in [2.05, 4.69) is 64.2 Å². The summed E-state index contributed by atoms with van der Waals surface area (Å²) in [6, 6.07) is 26.6. The first-order valence-corrected chi connectivity index (χ1v) is 9.16. The van der Waals surface area contributed by atoms with Gasteiger partial charge in [0.25, 0.3) is 5.56 Å². The standard InChI is InChI=1S/C24H18N2O/c27-24-21-8-4-5-9-22(21)26-15-14-20(23(26)25-24)16-17-10-12-19(13-11-17)18-6-2-1-3-7-18/h1-13,16H,14-15H2. The molecule has 2 heterocycles. The summed E-state index contributed by atoms with van der Waals surface area (Å²) in [5.41, 5.74) is 5.47. The number of fused-ring (bicyclic) bond motifs is 3. The van der Waals surface area contributed by atoms with Crippen LogP contribution in [-0.2, 0) is 6.54 Å². The molecule has 0 saturated carbocycles. The molecule has 0 N–H and O–H groups in total. The normalized spacial score (nSPS) is 14.6. The van der Waals surface area contributed by atoms with Crippen LogP contribution < -0.4 is 5.56 Å². The maximum atomic E-state index is 12.4. The molecule has 27 heavy (non-hydrogen) atoms. The summed E-state index contributed by atoms with van der Waals surface area (Å²) < 4.78 is 2.15. The van der Waals surface area contributed by atoms with Crippen molar-refractivity contribution in [3.05, 3.63) is 101 Å². The van der Waals surface area contributed by atoms with Gasteiger partial charge in [-0.05, 0) is 46.9 Å². The van der Waals surface area contributed by atoms with Gasteiger partial charge in [0.15, 0.2) is 0 Å². The van der Waals surface area contributed by atoms with Crippen LogP contribution in [0.25, 0.3) is 33.7 Å². The topological polar surface area (TPSA) is 34.9 Å². The Morgan fingerprint density at radius 1 is 0.815 bits per heavy atom. The highest BCUT2D eigenvalue weighted by atomic mass is 16.1. The summed E-state index contributed by atoms with van der Waals surface area (Å²) in [6.45, 7) is 0.858. The maximum Gasteiger partial charge on any atom is 0.281 e. The minimum absolute atomic E-state index is 0.149. The van der Waals surface area contributed by atoms with Crippen LogP contribution in [0, 0.1) is 0 Å². The second-order valence-corrected chi connectivity index (χ2v) is 6.82. The van der Waals surface area contributed by atoms with E-state index in [1.165, 1.54) is 11.1 Å². The van der Waals surface area contributed by atoms with Gasteiger partial charge in [0.1, 0.15) is 5.82 Å². The molecule has 3 nitrogen and oxygen atoms in total. The van der Waals surface area contributed by atoms with E-state index in [4.69, 9.17) is 0 Å². The molecule has 3 aromatic carbocycles. The Bertz CT molecular complexity index is 1220. The fourth-order valence-corrected chi connectivity index (χ4v) is 3.78. The lowest BCUT2D eigenvalue weighted by atomic mass is 10.0. The van der Waals surface area contributed by atoms with Crippen molar-refractivity contribution in [2.75, 3.05) is 0 Å². The fraction of sp³-hybridized carbons (Fsp3) is 0.0833. The van der Waals surface area contributed by atoms with Gasteiger partial charge in [-0.15, -0.1) is 0 Å². The lowest BCUT2D eigenvalue weighted by Crippen LogP contribution is -2.14. The van der Waals surface area contributed by atoms with Crippen LogP contribution in [0.15, 0.2) is 83.7 Å². The molecule has 130 valence electrons. The van der Waals surface area contributed by atoms with Gasteiger partial charge in [0, 0.05) is 6.54 Å². The number of hydrogen-bond acceptors (Lipinski definition) is 2. The molecule has 5 rings (SSSR count). The molecule has 0 radical (unpaired) electrons. The van der Waals surface area contributed by atoms with Gasteiger partial charge in [-0.1, -0.05) is 66.7 Å². The second-order valence-electron chi connectivity index (χ2n) is 6.82. The molecule has 1 aromatic heterocycles. The van der Waals surface area contributed by atoms with Gasteiger partial charge in [0.2, 0.25) is 0 Å². The van der Waals surface area contributed by atoms with Crippen LogP contribution in [0.4, 0.5) is 0 Å². The third kappa shape index (κ3) is 2.77. The molecule has 0 spiro atoms. The van der Waals surface area contributed by atoms with Crippen molar-refractivity contribution in [1.82, 2.24) is 9.55 Å². The van der Waals surface area contributed by atoms with E-state index in [0.29, 0.717) is 5.39 Å². The monoisotopic (exact) mass is 350 g/mol. The molecular formula is C24H18N2O. The molecule has 0 saturated heterocycles. The molecule has 0 amide bonds. The Kier molecular flexibility index (Phi) is 3.72. The number of aryl methyl sites for hydroxylation is 1. The van der Waals surface area contributed by atoms with Gasteiger partial charge >= 0.3 is 0 Å². The highest BCUT2D eigenvalue weighted by Gasteiger charge is 2.20. The molecule has 0 atom stereocenters. The second kappa shape index (κ2) is 6.36. The lowest BCUT2D eigenvalue weighted by molar-refractivity contribution is 0.772. The van der Waals surface area contributed by atoms with Crippen LogP contribution >= 0.6 is 0 Å². The highest BCUT2D eigenvalue weighted by Crippen LogP contribution is 2.30. The zero-order chi connectivity index (χ0) is 18.2. The maximum absolute atomic E-state index is 12.4. The first-order chi connectivity index (χ1) is 13.3. The number of hydrogen-bond donors (Lipinski definition) is 0. The Morgan fingerprint density at radius 2 is 1.52 bits per heavy atom. The molecule has 0 bridgehead atoms. The molecular weight excluding hydrogens is 332 g/mol. The first kappa shape index (κ1) is 15.8. The minimum atomic E-state index is -0.149. The predicted octanol–water partition coefficient (Wildman–Crippen LogP) is 5.01. The van der Waals surface area contributed by atoms with Gasteiger partial charge < -0.3 is 4.57 Å². The Labute approximate surface area is 157 Å². The van der Waals surface area contributed by atoms with Gasteiger partial charge in [-0.2, -0.15) is 4.98 Å². The van der Waals surface area contributed by atoms with Crippen LogP contribution in [0.1, 0.15) is 17.8 Å². The minimum Gasteiger partial charge on any atom is -0.325 e. The molecule has 0 fully saturated rings. The highest BCUT2D eigenvalue weighted by molar-refractivity contribution is 5.86. The summed E-state index contributed by atoms with van der Waals surface area (Å²) in [5.74, 6) is 0.797. The van der Waals surface area contributed by atoms with Crippen LogP contribution in [0.3, 0.4) is 0 Å². The third-order valence-corrected chi connectivity index (χ3v) is 5.14. The van der Waals surface area contributed by atoms with Crippen molar-refractivity contribution >= 4 is 22.6 Å². The quantitative estimate of drug-likeness (QED) is 0.509. The van der Waals surface area contributed by atoms with E-state index < -0.39 is 0 Å². The van der Waals surface area contributed by atoms with E-state index in [1.54, 1.807) is 0 Å². The summed E-state index contributed by atoms with van der Waals surface area (Å²) in [6.07, 6.45) is 3.04. The zero-order valence-electron chi connectivity index (χ0n) is 14.8. The average molecular weight is 350 g/mol. The van der Waals surface area contributed by atoms with Crippen LogP contribution in [0.2, 0.25) is 0 Å². The number of nitrogens with zero attached hydrogens (tertiary/aromatic N) is 2. The fourth-order valence-electron chi connectivity index (χ4n) is 3.78. The summed E-state index contributed by atoms with van der Waals surface area (Å²) >= 11 is 0. The summed E-state index contributed by atoms with van der Waals surface area (Å²) in [4.78, 5) is 16.8. The van der Waals surface area contributed by atoms with Crippen LogP contribution in [-0.4, -0.2) is 9.55 Å². The third-order valence-electron chi connectivity index (χ3n) is 5.14. The van der Waals surface area contributed by atoms with Crippen LogP contribution in [0.5, 0.6) is 0 Å². The molecule has 3 heteroatoms. The molecule has 0 aliphatic carbocycles. The molecule has 1 aliphatic rings. The van der Waals surface area contributed by atoms with Crippen molar-refractivity contribution < 1.29 is 0 Å². The van der Waals surface area contributed by atoms with E-state index in [9.17, 15) is 4.79 Å². The van der Waals surface area contributed by atoms with E-state index in [0.717, 1.165) is 35.4 Å². The van der Waals surface area contributed by atoms with Crippen molar-refractivity contribution in [2.24, 2.45) is 0 Å². The Morgan fingerprint density at radius 3 is 2.33 bits per heavy atom. The Hall–Kier alpha value is -3.46. The van der Waals surface area contributed by atoms with Crippen molar-refractivity contribution in [1.29, 1.82) is 0 Å². The van der Waals surface area contributed by atoms with Crippen molar-refractivity contribution in [3.63, 3.8) is 0 Å². The van der Waals surface area contributed by atoms with Gasteiger partial charge in [0.05, 0.1) is 10.9 Å². The molecule has 0 unspecified atom stereocenters. The molecule has 1 aliphatic heterocycles. The number of allylic oxidation sites excluding steroid dienone is 1. The summed E-state index contributed by atoms with van der Waals surface area (Å²) in [5, 5.41) is 0.690.